The number of carbonyl (C=O) groups excluding carboxylic acids is 1. The van der Waals surface area contributed by atoms with Crippen LogP contribution in [0, 0.1) is 0 Å². The van der Waals surface area contributed by atoms with Gasteiger partial charge in [0.25, 0.3) is 0 Å². The molecule has 0 atom stereocenters. The van der Waals surface area contributed by atoms with Crippen LogP contribution in [0.5, 0.6) is 0 Å². The lowest BCUT2D eigenvalue weighted by Gasteiger charge is -2.17. The van der Waals surface area contributed by atoms with Crippen LogP contribution in [0.3, 0.4) is 0 Å². The third-order valence-corrected chi connectivity index (χ3v) is 2.73. The summed E-state index contributed by atoms with van der Waals surface area (Å²) in [6.45, 7) is 3.97. The van der Waals surface area contributed by atoms with Crippen LogP contribution < -0.4 is 9.80 Å². The largest absolute Gasteiger partial charge is 0.315 e. The maximum atomic E-state index is 11.4. The molecule has 0 spiro atoms. The van der Waals surface area contributed by atoms with Gasteiger partial charge in [-0.3, -0.25) is 9.69 Å². The van der Waals surface area contributed by atoms with Crippen LogP contribution >= 0.6 is 12.2 Å². The van der Waals surface area contributed by atoms with Crippen molar-refractivity contribution in [2.24, 2.45) is 0 Å². The van der Waals surface area contributed by atoms with Gasteiger partial charge < -0.3 is 4.90 Å². The second-order valence-electron chi connectivity index (χ2n) is 3.52. The molecule has 1 heterocycles. The van der Waals surface area contributed by atoms with Crippen molar-refractivity contribution in [2.45, 2.75) is 13.8 Å². The number of hydrogen-bond donors (Lipinski definition) is 0. The van der Waals surface area contributed by atoms with Gasteiger partial charge in [-0.1, -0.05) is 24.4 Å². The summed E-state index contributed by atoms with van der Waals surface area (Å²) in [7, 11) is 0. The molecule has 78 valence electrons. The molecule has 0 N–H and O–H groups in total. The first-order chi connectivity index (χ1) is 7.11. The fraction of sp³-hybridized carbons (Fsp3) is 0.273. The standard InChI is InChI=1S/C11H12N2OS/c1-8(14)12-7-13(9(2)15)11-6-4-3-5-10(11)12/h3-6H,7H2,1-2H3. The molecule has 0 saturated carbocycles. The van der Waals surface area contributed by atoms with Gasteiger partial charge in [-0.25, -0.2) is 0 Å². The number of para-hydroxylation sites is 2. The summed E-state index contributed by atoms with van der Waals surface area (Å²) in [6.07, 6.45) is 0. The number of amides is 1. The van der Waals surface area contributed by atoms with E-state index in [4.69, 9.17) is 12.2 Å². The molecule has 0 unspecified atom stereocenters. The van der Waals surface area contributed by atoms with Gasteiger partial charge in [-0.2, -0.15) is 0 Å². The summed E-state index contributed by atoms with van der Waals surface area (Å²) in [5.41, 5.74) is 1.95. The van der Waals surface area contributed by atoms with Crippen LogP contribution in [0.15, 0.2) is 24.3 Å². The van der Waals surface area contributed by atoms with Gasteiger partial charge in [0, 0.05) is 6.92 Å². The highest BCUT2D eigenvalue weighted by molar-refractivity contribution is 7.80. The van der Waals surface area contributed by atoms with E-state index in [0.29, 0.717) is 6.67 Å². The highest BCUT2D eigenvalue weighted by atomic mass is 32.1. The van der Waals surface area contributed by atoms with Crippen molar-refractivity contribution in [2.75, 3.05) is 16.5 Å². The second-order valence-corrected chi connectivity index (χ2v) is 4.12. The summed E-state index contributed by atoms with van der Waals surface area (Å²) in [6, 6.07) is 7.80. The van der Waals surface area contributed by atoms with E-state index in [-0.39, 0.29) is 5.91 Å². The summed E-state index contributed by atoms with van der Waals surface area (Å²) in [5, 5.41) is 0. The predicted octanol–water partition coefficient (Wildman–Crippen LogP) is 2.16. The monoisotopic (exact) mass is 220 g/mol. The lowest BCUT2D eigenvalue weighted by atomic mass is 10.2. The first-order valence-electron chi connectivity index (χ1n) is 4.76. The molecule has 1 aliphatic heterocycles. The Morgan fingerprint density at radius 3 is 2.20 bits per heavy atom. The zero-order valence-electron chi connectivity index (χ0n) is 8.73. The normalized spacial score (nSPS) is 14.0. The first kappa shape index (κ1) is 10.1. The van der Waals surface area contributed by atoms with Gasteiger partial charge in [-0.15, -0.1) is 0 Å². The highest BCUT2D eigenvalue weighted by Gasteiger charge is 2.28. The number of anilines is 2. The van der Waals surface area contributed by atoms with Crippen molar-refractivity contribution in [3.8, 4) is 0 Å². The molecule has 0 saturated heterocycles. The SMILES string of the molecule is CC(=O)N1CN(C(C)=S)c2ccccc21. The quantitative estimate of drug-likeness (QED) is 0.626. The predicted molar refractivity (Wildman–Crippen MR) is 65.2 cm³/mol. The molecule has 4 heteroatoms. The maximum absolute atomic E-state index is 11.4. The minimum absolute atomic E-state index is 0.0428. The molecule has 3 nitrogen and oxygen atoms in total. The van der Waals surface area contributed by atoms with Gasteiger partial charge in [0.2, 0.25) is 5.91 Å². The Labute approximate surface area is 94.3 Å². The lowest BCUT2D eigenvalue weighted by molar-refractivity contribution is -0.116. The van der Waals surface area contributed by atoms with Crippen molar-refractivity contribution >= 4 is 34.5 Å². The molecule has 0 aliphatic carbocycles. The fourth-order valence-electron chi connectivity index (χ4n) is 1.75. The third-order valence-electron chi connectivity index (χ3n) is 2.51. The smallest absolute Gasteiger partial charge is 0.225 e. The Balaban J connectivity index is 2.48. The number of thiocarbonyl (C=S) groups is 1. The molecule has 1 aliphatic rings. The van der Waals surface area contributed by atoms with Crippen molar-refractivity contribution in [3.63, 3.8) is 0 Å². The summed E-state index contributed by atoms with van der Waals surface area (Å²) in [5.74, 6) is 0.0428. The molecular formula is C11H12N2OS. The Bertz CT molecular complexity index is 391. The zero-order valence-corrected chi connectivity index (χ0v) is 9.54. The molecule has 0 aromatic heterocycles. The van der Waals surface area contributed by atoms with Gasteiger partial charge >= 0.3 is 0 Å². The van der Waals surface area contributed by atoms with E-state index in [0.717, 1.165) is 16.4 Å². The summed E-state index contributed by atoms with van der Waals surface area (Å²) in [4.78, 5) is 15.9. The van der Waals surface area contributed by atoms with Crippen molar-refractivity contribution in [3.05, 3.63) is 24.3 Å². The maximum Gasteiger partial charge on any atom is 0.225 e. The molecular weight excluding hydrogens is 208 g/mol. The fourth-order valence-corrected chi connectivity index (χ4v) is 1.91. The van der Waals surface area contributed by atoms with Crippen LogP contribution in [0.1, 0.15) is 13.8 Å². The molecule has 1 amide bonds. The van der Waals surface area contributed by atoms with E-state index in [1.165, 1.54) is 0 Å². The van der Waals surface area contributed by atoms with Crippen LogP contribution in [0.4, 0.5) is 11.4 Å². The van der Waals surface area contributed by atoms with E-state index >= 15 is 0 Å². The number of nitrogens with zero attached hydrogens (tertiary/aromatic N) is 2. The number of fused-ring (bicyclic) bond motifs is 1. The van der Waals surface area contributed by atoms with E-state index in [9.17, 15) is 4.79 Å². The summed E-state index contributed by atoms with van der Waals surface area (Å²) < 4.78 is 0. The molecule has 0 radical (unpaired) electrons. The average Bonchev–Trinajstić information content (AvgIpc) is 2.56. The van der Waals surface area contributed by atoms with Crippen molar-refractivity contribution < 1.29 is 4.79 Å². The molecule has 1 aromatic carbocycles. The second kappa shape index (κ2) is 3.62. The van der Waals surface area contributed by atoms with Gasteiger partial charge in [0.15, 0.2) is 0 Å². The molecule has 2 rings (SSSR count). The number of hydrogen-bond acceptors (Lipinski definition) is 2. The molecule has 1 aromatic rings. The highest BCUT2D eigenvalue weighted by Crippen LogP contribution is 2.35. The van der Waals surface area contributed by atoms with E-state index < -0.39 is 0 Å². The van der Waals surface area contributed by atoms with E-state index in [1.807, 2.05) is 36.1 Å². The molecule has 0 fully saturated rings. The summed E-state index contributed by atoms with van der Waals surface area (Å²) >= 11 is 5.16. The topological polar surface area (TPSA) is 23.6 Å². The zero-order chi connectivity index (χ0) is 11.0. The number of benzene rings is 1. The Morgan fingerprint density at radius 1 is 1.20 bits per heavy atom. The number of carbonyl (C=O) groups is 1. The van der Waals surface area contributed by atoms with Crippen LogP contribution in [0.25, 0.3) is 0 Å². The van der Waals surface area contributed by atoms with Crippen LogP contribution in [0.2, 0.25) is 0 Å². The minimum Gasteiger partial charge on any atom is -0.315 e. The third kappa shape index (κ3) is 1.61. The first-order valence-corrected chi connectivity index (χ1v) is 5.17. The van der Waals surface area contributed by atoms with E-state index in [2.05, 4.69) is 0 Å². The average molecular weight is 220 g/mol. The Morgan fingerprint density at radius 2 is 1.73 bits per heavy atom. The van der Waals surface area contributed by atoms with Crippen LogP contribution in [-0.4, -0.2) is 17.6 Å². The van der Waals surface area contributed by atoms with Gasteiger partial charge in [0.05, 0.1) is 16.4 Å². The van der Waals surface area contributed by atoms with Gasteiger partial charge in [-0.05, 0) is 19.1 Å². The van der Waals surface area contributed by atoms with E-state index in [1.54, 1.807) is 11.8 Å². The van der Waals surface area contributed by atoms with Crippen LogP contribution in [-0.2, 0) is 4.79 Å². The lowest BCUT2D eigenvalue weighted by Crippen LogP contribution is -2.35. The van der Waals surface area contributed by atoms with Gasteiger partial charge in [0.1, 0.15) is 6.67 Å². The van der Waals surface area contributed by atoms with Crippen molar-refractivity contribution in [1.82, 2.24) is 0 Å². The Kier molecular flexibility index (Phi) is 2.44. The minimum atomic E-state index is 0.0428. The number of rotatable bonds is 0. The Hall–Kier alpha value is -1.42. The molecule has 15 heavy (non-hydrogen) atoms. The molecule has 0 bridgehead atoms. The van der Waals surface area contributed by atoms with Crippen molar-refractivity contribution in [1.29, 1.82) is 0 Å².